The number of Topliss-reactive ketones (excluding diaryl/α,β-unsaturated/α-hetero) is 1. The lowest BCUT2D eigenvalue weighted by atomic mass is 9.78. The van der Waals surface area contributed by atoms with Crippen molar-refractivity contribution in [1.82, 2.24) is 30.1 Å². The van der Waals surface area contributed by atoms with Gasteiger partial charge in [0.2, 0.25) is 0 Å². The molecule has 3 aromatic rings. The first kappa shape index (κ1) is 51.4. The summed E-state index contributed by atoms with van der Waals surface area (Å²) in [6, 6.07) is 14.3. The number of fused-ring (bicyclic) bond motifs is 1. The fraction of sp³-hybridized carbons (Fsp3) is 0.653. The van der Waals surface area contributed by atoms with E-state index < -0.39 is 71.5 Å². The van der Waals surface area contributed by atoms with Crippen molar-refractivity contribution < 1.29 is 43.2 Å². The molecule has 16 nitrogen and oxygen atoms in total. The molecular formula is C49H72BrN7O9. The van der Waals surface area contributed by atoms with Gasteiger partial charge in [-0.2, -0.15) is 0 Å². The fourth-order valence-electron chi connectivity index (χ4n) is 10.4. The van der Waals surface area contributed by atoms with Crippen LogP contribution in [0.1, 0.15) is 86.1 Å². The molecule has 4 N–H and O–H groups in total. The Morgan fingerprint density at radius 3 is 2.45 bits per heavy atom. The van der Waals surface area contributed by atoms with E-state index in [9.17, 15) is 19.5 Å². The first-order chi connectivity index (χ1) is 31.3. The topological polar surface area (TPSA) is 193 Å². The number of nitrogens with zero attached hydrogens (tertiary/aromatic N) is 5. The van der Waals surface area contributed by atoms with Crippen molar-refractivity contribution in [3.63, 3.8) is 0 Å². The van der Waals surface area contributed by atoms with E-state index in [4.69, 9.17) is 29.4 Å². The van der Waals surface area contributed by atoms with Crippen LogP contribution >= 0.6 is 15.9 Å². The highest BCUT2D eigenvalue weighted by molar-refractivity contribution is 9.10. The smallest absolute Gasteiger partial charge is 0.410 e. The van der Waals surface area contributed by atoms with Crippen molar-refractivity contribution in [3.8, 4) is 11.3 Å². The van der Waals surface area contributed by atoms with Gasteiger partial charge in [-0.1, -0.05) is 66.2 Å². The quantitative estimate of drug-likeness (QED) is 0.0751. The Labute approximate surface area is 398 Å². The fourth-order valence-corrected chi connectivity index (χ4v) is 10.8. The van der Waals surface area contributed by atoms with Crippen molar-refractivity contribution in [1.29, 1.82) is 0 Å². The zero-order chi connectivity index (χ0) is 48.1. The third-order valence-corrected chi connectivity index (χ3v) is 14.5. The zero-order valence-electron chi connectivity index (χ0n) is 40.3. The largest absolute Gasteiger partial charge is 0.458 e. The Balaban J connectivity index is 1.33. The lowest BCUT2D eigenvalue weighted by molar-refractivity contribution is -0.295. The molecule has 3 aliphatic heterocycles. The number of aliphatic hydroxyl groups excluding tert-OH is 1. The summed E-state index contributed by atoms with van der Waals surface area (Å²) in [4.78, 5) is 47.0. The second-order valence-corrected chi connectivity index (χ2v) is 20.4. The number of cyclic esters (lactones) is 1. The van der Waals surface area contributed by atoms with Gasteiger partial charge in [0.15, 0.2) is 17.7 Å². The molecular weight excluding hydrogens is 910 g/mol. The highest BCUT2D eigenvalue weighted by Crippen LogP contribution is 2.41. The minimum Gasteiger partial charge on any atom is -0.458 e. The highest BCUT2D eigenvalue weighted by atomic mass is 79.9. The number of likely N-dealkylation sites (N-methyl/N-ethyl adjacent to an activating group) is 1. The molecule has 66 heavy (non-hydrogen) atoms. The number of aromatic nitrogens is 3. The number of nitrogens with one attached hydrogen (secondary N) is 1. The van der Waals surface area contributed by atoms with Gasteiger partial charge in [0.1, 0.15) is 23.8 Å². The van der Waals surface area contributed by atoms with Crippen LogP contribution in [-0.4, -0.2) is 142 Å². The lowest BCUT2D eigenvalue weighted by Gasteiger charge is -2.46. The second-order valence-electron chi connectivity index (χ2n) is 19.4. The first-order valence-corrected chi connectivity index (χ1v) is 24.3. The molecule has 3 aliphatic rings. The molecule has 6 rings (SSSR count). The normalized spacial score (nSPS) is 33.8. The Morgan fingerprint density at radius 2 is 1.77 bits per heavy atom. The van der Waals surface area contributed by atoms with E-state index >= 15 is 0 Å². The number of amides is 1. The number of nitrogen functional groups attached to an aromatic ring is 1. The molecule has 0 spiro atoms. The number of rotatable bonds is 13. The van der Waals surface area contributed by atoms with Crippen LogP contribution in [0.5, 0.6) is 0 Å². The van der Waals surface area contributed by atoms with Gasteiger partial charge >= 0.3 is 12.1 Å². The van der Waals surface area contributed by atoms with Gasteiger partial charge in [-0.05, 0) is 123 Å². The molecule has 2 unspecified atom stereocenters. The third kappa shape index (κ3) is 11.6. The number of ether oxygens (including phenoxy) is 5. The lowest BCUT2D eigenvalue weighted by Crippen LogP contribution is -2.62. The summed E-state index contributed by atoms with van der Waals surface area (Å²) in [5, 5.41) is 24.1. The molecule has 17 heteroatoms. The number of unbranched alkanes of at least 4 members (excludes halogenated alkanes) is 1. The number of hydrogen-bond donors (Lipinski definition) is 3. The molecule has 4 heterocycles. The van der Waals surface area contributed by atoms with Gasteiger partial charge < -0.3 is 44.7 Å². The van der Waals surface area contributed by atoms with Gasteiger partial charge in [-0.15, -0.1) is 5.10 Å². The van der Waals surface area contributed by atoms with Crippen LogP contribution in [-0.2, 0) is 46.2 Å². The average Bonchev–Trinajstić information content (AvgIpc) is 3.85. The monoisotopic (exact) mass is 981 g/mol. The van der Waals surface area contributed by atoms with Crippen molar-refractivity contribution in [3.05, 3.63) is 64.8 Å². The number of benzene rings is 2. The number of aryl methyl sites for hydroxylation is 1. The summed E-state index contributed by atoms with van der Waals surface area (Å²) in [6.45, 7) is 14.4. The Morgan fingerprint density at radius 1 is 1.05 bits per heavy atom. The second kappa shape index (κ2) is 22.0. The Hall–Kier alpha value is -3.97. The molecule has 0 bridgehead atoms. The van der Waals surface area contributed by atoms with Crippen LogP contribution in [0.2, 0.25) is 0 Å². The number of methoxy groups -OCH3 is 1. The molecule has 2 aromatic carbocycles. The molecule has 1 aromatic heterocycles. The van der Waals surface area contributed by atoms with E-state index in [1.54, 1.807) is 30.5 Å². The number of hydrogen-bond acceptors (Lipinski definition) is 14. The van der Waals surface area contributed by atoms with Crippen molar-refractivity contribution in [2.24, 2.45) is 17.8 Å². The van der Waals surface area contributed by atoms with Gasteiger partial charge in [0.25, 0.3) is 0 Å². The van der Waals surface area contributed by atoms with Crippen LogP contribution in [0, 0.1) is 17.8 Å². The maximum absolute atomic E-state index is 14.6. The molecule has 3 fully saturated rings. The van der Waals surface area contributed by atoms with Crippen LogP contribution < -0.4 is 11.1 Å². The van der Waals surface area contributed by atoms with Crippen molar-refractivity contribution in [2.75, 3.05) is 40.0 Å². The van der Waals surface area contributed by atoms with E-state index in [2.05, 4.69) is 50.6 Å². The van der Waals surface area contributed by atoms with Crippen LogP contribution in [0.15, 0.2) is 59.2 Å². The summed E-state index contributed by atoms with van der Waals surface area (Å²) < 4.78 is 34.8. The summed E-state index contributed by atoms with van der Waals surface area (Å²) in [5.74, 6) is -3.30. The number of nitrogens with two attached hydrogens (primary N) is 1. The predicted molar refractivity (Wildman–Crippen MR) is 254 cm³/mol. The Kier molecular flexibility index (Phi) is 17.1. The Bertz CT molecular complexity index is 2130. The summed E-state index contributed by atoms with van der Waals surface area (Å²) in [6.07, 6.45) is 0.413. The van der Waals surface area contributed by atoms with Crippen LogP contribution in [0.25, 0.3) is 11.3 Å². The van der Waals surface area contributed by atoms with E-state index in [0.29, 0.717) is 63.8 Å². The molecule has 3 saturated heterocycles. The third-order valence-electron chi connectivity index (χ3n) is 14.0. The maximum atomic E-state index is 14.6. The average molecular weight is 983 g/mol. The number of aliphatic hydroxyl groups is 1. The minimum atomic E-state index is -1.32. The number of carbonyl (C=O) groups excluding carboxylic acids is 3. The van der Waals surface area contributed by atoms with Gasteiger partial charge in [0.05, 0.1) is 30.0 Å². The summed E-state index contributed by atoms with van der Waals surface area (Å²) in [5.41, 5.74) is 6.87. The molecule has 1 amide bonds. The first-order valence-electron chi connectivity index (χ1n) is 23.5. The minimum absolute atomic E-state index is 0.0703. The molecule has 0 radical (unpaired) electrons. The molecule has 13 atom stereocenters. The zero-order valence-corrected chi connectivity index (χ0v) is 41.9. The standard InChI is InChI=1S/C49H72BrN7O9/c1-11-40-49(7)43(57(47(61)66-49)21-13-12-20-56-28-38(53-54-56)34-17-15-19-36(51)25-34)37(24-33-16-14-18-35(50)23-33)52-27-29(2)26-48(6,62-10)44(31(4)41(58)32(5)45(60)64-40)65-46-42(59)39(55(8)9)22-30(3)63-46/h14-19,23,25,28-32,37,39-40,42-44,46,52,59H,11-13,20-22,24,26-27,51H2,1-10H3/t29-,30-,31+,32-,37-,39?,40-,42?,43-,44-,46+,48-,49-/m1/s1. The van der Waals surface area contributed by atoms with Gasteiger partial charge in [-0.3, -0.25) is 19.2 Å². The summed E-state index contributed by atoms with van der Waals surface area (Å²) >= 11 is 3.65. The number of ketones is 1. The number of carbonyl (C=O) groups is 3. The number of esters is 1. The van der Waals surface area contributed by atoms with E-state index in [1.807, 2.05) is 89.3 Å². The SMILES string of the molecule is CC[C@H]1OC(=O)[C@H](C)C(=O)[C@H](C)[C@@H](O[C@@H]2O[C@H](C)CC(N(C)C)C2O)[C@](C)(OC)C[C@@H](C)CN[C@H](Cc2cccc(Br)c2)[C@H]2N(CCCCn3cc(-c4cccc(N)c4)nn3)C(=O)O[C@]12C. The summed E-state index contributed by atoms with van der Waals surface area (Å²) in [7, 11) is 5.40. The van der Waals surface area contributed by atoms with Crippen molar-refractivity contribution >= 4 is 39.5 Å². The highest BCUT2D eigenvalue weighted by Gasteiger charge is 2.59. The van der Waals surface area contributed by atoms with Gasteiger partial charge in [0, 0.05) is 53.9 Å². The maximum Gasteiger partial charge on any atom is 0.410 e. The van der Waals surface area contributed by atoms with E-state index in [0.717, 1.165) is 21.3 Å². The van der Waals surface area contributed by atoms with E-state index in [-0.39, 0.29) is 24.1 Å². The molecule has 364 valence electrons. The number of anilines is 1. The van der Waals surface area contributed by atoms with Gasteiger partial charge in [-0.25, -0.2) is 4.79 Å². The van der Waals surface area contributed by atoms with Crippen molar-refractivity contribution in [2.45, 2.75) is 154 Å². The van der Waals surface area contributed by atoms with Crippen LogP contribution in [0.4, 0.5) is 10.5 Å². The van der Waals surface area contributed by atoms with Crippen LogP contribution in [0.3, 0.4) is 0 Å². The molecule has 0 saturated carbocycles. The van der Waals surface area contributed by atoms with E-state index in [1.165, 1.54) is 0 Å². The number of halogens is 1. The predicted octanol–water partition coefficient (Wildman–Crippen LogP) is 6.27. The molecule has 0 aliphatic carbocycles.